The number of nitrogens with zero attached hydrogens (tertiary/aromatic N) is 1. The van der Waals surface area contributed by atoms with E-state index in [2.05, 4.69) is 59.5 Å². The molecule has 2 heterocycles. The van der Waals surface area contributed by atoms with Crippen molar-refractivity contribution in [1.82, 2.24) is 4.90 Å². The molecule has 1 unspecified atom stereocenters. The minimum Gasteiger partial charge on any atom is -0.494 e. The fourth-order valence-corrected chi connectivity index (χ4v) is 5.07. The zero-order chi connectivity index (χ0) is 18.5. The molecule has 0 aromatic heterocycles. The Bertz CT molecular complexity index is 680. The van der Waals surface area contributed by atoms with Gasteiger partial charge in [0.1, 0.15) is 5.75 Å². The van der Waals surface area contributed by atoms with Crippen LogP contribution < -0.4 is 4.74 Å². The first-order chi connectivity index (χ1) is 13.3. The predicted molar refractivity (Wildman–Crippen MR) is 120 cm³/mol. The second-order valence-electron chi connectivity index (χ2n) is 8.40. The molecule has 5 rings (SSSR count). The van der Waals surface area contributed by atoms with E-state index in [9.17, 15) is 0 Å². The van der Waals surface area contributed by atoms with Gasteiger partial charge in [0.2, 0.25) is 0 Å². The van der Waals surface area contributed by atoms with E-state index in [0.717, 1.165) is 24.2 Å². The molecule has 0 spiro atoms. The van der Waals surface area contributed by atoms with Gasteiger partial charge >= 0.3 is 0 Å². The van der Waals surface area contributed by atoms with E-state index in [1.165, 1.54) is 62.9 Å². The molecule has 1 atom stereocenters. The van der Waals surface area contributed by atoms with Gasteiger partial charge in [0.15, 0.2) is 0 Å². The van der Waals surface area contributed by atoms with Crippen molar-refractivity contribution in [3.05, 3.63) is 65.7 Å². The Morgan fingerprint density at radius 1 is 0.857 bits per heavy atom. The summed E-state index contributed by atoms with van der Waals surface area (Å²) in [4.78, 5) is 2.76. The minimum atomic E-state index is 0. The largest absolute Gasteiger partial charge is 0.494 e. The van der Waals surface area contributed by atoms with Crippen molar-refractivity contribution >= 4 is 12.4 Å². The maximum Gasteiger partial charge on any atom is 0.119 e. The summed E-state index contributed by atoms with van der Waals surface area (Å²) in [7, 11) is 0. The van der Waals surface area contributed by atoms with Crippen LogP contribution in [0.2, 0.25) is 0 Å². The number of fused-ring (bicyclic) bond motifs is 4. The molecular weight excluding hydrogens is 366 g/mol. The molecule has 3 heteroatoms. The molecule has 3 fully saturated rings. The lowest BCUT2D eigenvalue weighted by molar-refractivity contribution is 0.246. The first-order valence-electron chi connectivity index (χ1n) is 10.8. The quantitative estimate of drug-likeness (QED) is 0.553. The molecule has 0 amide bonds. The Morgan fingerprint density at radius 3 is 2.00 bits per heavy atom. The molecular formula is C25H34ClNO. The third-order valence-corrected chi connectivity index (χ3v) is 6.53. The maximum absolute atomic E-state index is 5.64. The average molecular weight is 400 g/mol. The molecule has 2 saturated heterocycles. The van der Waals surface area contributed by atoms with Gasteiger partial charge in [-0.15, -0.1) is 12.4 Å². The Labute approximate surface area is 176 Å². The van der Waals surface area contributed by atoms with Gasteiger partial charge in [0.25, 0.3) is 0 Å². The smallest absolute Gasteiger partial charge is 0.119 e. The standard InChI is InChI=1S/C25H33NO.ClH/c1-2-27-24-14-12-23(13-15-24)25(22-6-4-3-5-7-22)16-17-26-18-20-8-9-21(19-26)11-10-20;/h3-7,12-15,20-21,25H,2,8-11,16-19H2,1H3;1H. The molecule has 3 aliphatic rings. The molecule has 2 aliphatic heterocycles. The molecule has 1 saturated carbocycles. The number of halogens is 1. The number of rotatable bonds is 7. The van der Waals surface area contributed by atoms with Crippen molar-refractivity contribution in [2.24, 2.45) is 11.8 Å². The van der Waals surface area contributed by atoms with Crippen molar-refractivity contribution in [1.29, 1.82) is 0 Å². The summed E-state index contributed by atoms with van der Waals surface area (Å²) in [5.41, 5.74) is 2.84. The third kappa shape index (κ3) is 5.30. The highest BCUT2D eigenvalue weighted by Gasteiger charge is 2.29. The van der Waals surface area contributed by atoms with Crippen LogP contribution in [0.5, 0.6) is 5.75 Å². The Hall–Kier alpha value is -1.51. The minimum absolute atomic E-state index is 0. The van der Waals surface area contributed by atoms with E-state index in [1.54, 1.807) is 0 Å². The number of hydrogen-bond donors (Lipinski definition) is 0. The lowest BCUT2D eigenvalue weighted by atomic mass is 9.84. The number of ether oxygens (including phenoxy) is 1. The van der Waals surface area contributed by atoms with Crippen molar-refractivity contribution in [2.45, 2.75) is 44.9 Å². The molecule has 28 heavy (non-hydrogen) atoms. The summed E-state index contributed by atoms with van der Waals surface area (Å²) in [6, 6.07) is 19.8. The van der Waals surface area contributed by atoms with Gasteiger partial charge < -0.3 is 9.64 Å². The first-order valence-corrected chi connectivity index (χ1v) is 10.8. The summed E-state index contributed by atoms with van der Waals surface area (Å²) in [5.74, 6) is 3.33. The van der Waals surface area contributed by atoms with Crippen LogP contribution in [-0.4, -0.2) is 31.1 Å². The van der Waals surface area contributed by atoms with Crippen molar-refractivity contribution < 1.29 is 4.74 Å². The Balaban J connectivity index is 0.00000225. The third-order valence-electron chi connectivity index (χ3n) is 6.53. The van der Waals surface area contributed by atoms with Gasteiger partial charge in [-0.25, -0.2) is 0 Å². The highest BCUT2D eigenvalue weighted by Crippen LogP contribution is 2.35. The summed E-state index contributed by atoms with van der Waals surface area (Å²) in [5, 5.41) is 0. The Kier molecular flexibility index (Phi) is 7.82. The monoisotopic (exact) mass is 399 g/mol. The van der Waals surface area contributed by atoms with Gasteiger partial charge in [0, 0.05) is 19.0 Å². The maximum atomic E-state index is 5.64. The zero-order valence-corrected chi connectivity index (χ0v) is 17.9. The predicted octanol–water partition coefficient (Wildman–Crippen LogP) is 6.15. The van der Waals surface area contributed by atoms with Gasteiger partial charge in [-0.05, 0) is 80.7 Å². The van der Waals surface area contributed by atoms with Crippen LogP contribution in [0.15, 0.2) is 54.6 Å². The lowest BCUT2D eigenvalue weighted by Crippen LogP contribution is -2.30. The van der Waals surface area contributed by atoms with Gasteiger partial charge in [-0.3, -0.25) is 0 Å². The SMILES string of the molecule is CCOc1ccc(C(CCN2CC3CCC(CC3)C2)c2ccccc2)cc1.Cl. The van der Waals surface area contributed by atoms with Crippen LogP contribution in [0.25, 0.3) is 0 Å². The van der Waals surface area contributed by atoms with Gasteiger partial charge in [-0.2, -0.15) is 0 Å². The molecule has 2 nitrogen and oxygen atoms in total. The first kappa shape index (κ1) is 21.2. The summed E-state index contributed by atoms with van der Waals surface area (Å²) >= 11 is 0. The number of benzene rings is 2. The van der Waals surface area contributed by atoms with Crippen LogP contribution in [0, 0.1) is 11.8 Å². The highest BCUT2D eigenvalue weighted by molar-refractivity contribution is 5.85. The van der Waals surface area contributed by atoms with Crippen LogP contribution in [0.4, 0.5) is 0 Å². The fraction of sp³-hybridized carbons (Fsp3) is 0.520. The normalized spacial score (nSPS) is 22.9. The van der Waals surface area contributed by atoms with E-state index >= 15 is 0 Å². The molecule has 1 aliphatic carbocycles. The molecule has 0 radical (unpaired) electrons. The van der Waals surface area contributed by atoms with E-state index in [4.69, 9.17) is 4.74 Å². The van der Waals surface area contributed by atoms with Crippen LogP contribution in [-0.2, 0) is 0 Å². The van der Waals surface area contributed by atoms with Crippen molar-refractivity contribution in [2.75, 3.05) is 26.2 Å². The Morgan fingerprint density at radius 2 is 1.43 bits per heavy atom. The summed E-state index contributed by atoms with van der Waals surface area (Å²) in [6.07, 6.45) is 7.03. The molecule has 152 valence electrons. The van der Waals surface area contributed by atoms with Crippen molar-refractivity contribution in [3.63, 3.8) is 0 Å². The van der Waals surface area contributed by atoms with E-state index in [1.807, 2.05) is 6.92 Å². The molecule has 2 bridgehead atoms. The van der Waals surface area contributed by atoms with Crippen LogP contribution >= 0.6 is 12.4 Å². The van der Waals surface area contributed by atoms with E-state index in [0.29, 0.717) is 5.92 Å². The average Bonchev–Trinajstić information content (AvgIpc) is 3.03. The van der Waals surface area contributed by atoms with Gasteiger partial charge in [-0.1, -0.05) is 42.5 Å². The van der Waals surface area contributed by atoms with Crippen molar-refractivity contribution in [3.8, 4) is 5.75 Å². The fourth-order valence-electron chi connectivity index (χ4n) is 5.07. The van der Waals surface area contributed by atoms with Crippen LogP contribution in [0.1, 0.15) is 56.1 Å². The molecule has 0 N–H and O–H groups in total. The molecule has 2 aromatic carbocycles. The zero-order valence-electron chi connectivity index (χ0n) is 17.1. The van der Waals surface area contributed by atoms with Crippen LogP contribution in [0.3, 0.4) is 0 Å². The molecule has 2 aromatic rings. The van der Waals surface area contributed by atoms with E-state index in [-0.39, 0.29) is 12.4 Å². The number of hydrogen-bond acceptors (Lipinski definition) is 2. The van der Waals surface area contributed by atoms with E-state index < -0.39 is 0 Å². The highest BCUT2D eigenvalue weighted by atomic mass is 35.5. The topological polar surface area (TPSA) is 12.5 Å². The second-order valence-corrected chi connectivity index (χ2v) is 8.40. The second kappa shape index (κ2) is 10.3. The van der Waals surface area contributed by atoms with Gasteiger partial charge in [0.05, 0.1) is 6.61 Å². The summed E-state index contributed by atoms with van der Waals surface area (Å²) < 4.78 is 5.64. The lowest BCUT2D eigenvalue weighted by Gasteiger charge is -2.26. The summed E-state index contributed by atoms with van der Waals surface area (Å²) in [6.45, 7) is 6.61.